The van der Waals surface area contributed by atoms with Gasteiger partial charge in [-0.2, -0.15) is 0 Å². The second-order valence-corrected chi connectivity index (χ2v) is 8.86. The molecular formula is C28H38O3. The Hall–Kier alpha value is -2.29. The highest BCUT2D eigenvalue weighted by molar-refractivity contribution is 5.91. The second kappa shape index (κ2) is 13.2. The van der Waals surface area contributed by atoms with E-state index in [0.717, 1.165) is 31.1 Å². The summed E-state index contributed by atoms with van der Waals surface area (Å²) in [4.78, 5) is 12.4. The van der Waals surface area contributed by atoms with Gasteiger partial charge in [0.1, 0.15) is 11.5 Å². The average molecular weight is 423 g/mol. The lowest BCUT2D eigenvalue weighted by Crippen LogP contribution is -2.09. The molecule has 0 radical (unpaired) electrons. The quantitative estimate of drug-likeness (QED) is 0.199. The van der Waals surface area contributed by atoms with Crippen molar-refractivity contribution in [2.75, 3.05) is 6.61 Å². The molecule has 0 N–H and O–H groups in total. The molecule has 3 nitrogen and oxygen atoms in total. The maximum Gasteiger partial charge on any atom is 0.343 e. The van der Waals surface area contributed by atoms with Gasteiger partial charge in [0.25, 0.3) is 0 Å². The van der Waals surface area contributed by atoms with Crippen LogP contribution in [0.25, 0.3) is 0 Å². The zero-order chi connectivity index (χ0) is 21.7. The summed E-state index contributed by atoms with van der Waals surface area (Å²) >= 11 is 0. The van der Waals surface area contributed by atoms with Crippen molar-refractivity contribution in [3.05, 3.63) is 59.7 Å². The maximum atomic E-state index is 12.4. The Bertz CT molecular complexity index is 758. The summed E-state index contributed by atoms with van der Waals surface area (Å²) < 4.78 is 11.3. The van der Waals surface area contributed by atoms with Gasteiger partial charge in [0.2, 0.25) is 0 Å². The van der Waals surface area contributed by atoms with Crippen LogP contribution in [-0.2, 0) is 6.42 Å². The number of ether oxygens (including phenoxy) is 2. The molecule has 1 aliphatic carbocycles. The Kier molecular flexibility index (Phi) is 9.95. The lowest BCUT2D eigenvalue weighted by Gasteiger charge is -2.21. The summed E-state index contributed by atoms with van der Waals surface area (Å²) in [6.07, 6.45) is 15.4. The summed E-state index contributed by atoms with van der Waals surface area (Å²) in [6.45, 7) is 2.94. The van der Waals surface area contributed by atoms with E-state index in [9.17, 15) is 4.79 Å². The van der Waals surface area contributed by atoms with E-state index in [2.05, 4.69) is 19.1 Å². The number of unbranched alkanes of at least 4 members (excludes halogenated alkanes) is 4. The monoisotopic (exact) mass is 422 g/mol. The maximum absolute atomic E-state index is 12.4. The summed E-state index contributed by atoms with van der Waals surface area (Å²) in [6, 6.07) is 15.2. The summed E-state index contributed by atoms with van der Waals surface area (Å²) in [5.74, 6) is 1.95. The van der Waals surface area contributed by atoms with Gasteiger partial charge in [0, 0.05) is 0 Å². The Balaban J connectivity index is 1.39. The zero-order valence-corrected chi connectivity index (χ0v) is 19.1. The van der Waals surface area contributed by atoms with E-state index in [0.29, 0.717) is 11.3 Å². The lowest BCUT2D eigenvalue weighted by molar-refractivity contribution is 0.0734. The van der Waals surface area contributed by atoms with E-state index in [-0.39, 0.29) is 5.97 Å². The molecule has 1 saturated carbocycles. The van der Waals surface area contributed by atoms with Crippen molar-refractivity contribution in [3.63, 3.8) is 0 Å². The molecule has 0 heterocycles. The van der Waals surface area contributed by atoms with Gasteiger partial charge in [-0.25, -0.2) is 4.79 Å². The summed E-state index contributed by atoms with van der Waals surface area (Å²) in [5.41, 5.74) is 1.86. The van der Waals surface area contributed by atoms with Gasteiger partial charge in [0.15, 0.2) is 0 Å². The van der Waals surface area contributed by atoms with Crippen LogP contribution in [0.5, 0.6) is 11.5 Å². The minimum atomic E-state index is -0.332. The molecule has 0 saturated heterocycles. The molecular weight excluding hydrogens is 384 g/mol. The van der Waals surface area contributed by atoms with E-state index in [1.807, 2.05) is 24.3 Å². The minimum Gasteiger partial charge on any atom is -0.494 e. The van der Waals surface area contributed by atoms with Crippen LogP contribution in [0.15, 0.2) is 48.5 Å². The molecule has 168 valence electrons. The van der Waals surface area contributed by atoms with Gasteiger partial charge >= 0.3 is 5.97 Å². The SMILES string of the molecule is CCCCCCCOc1ccc(C(=O)Oc2ccc(CCC3CCCCC3)cc2)cc1. The van der Waals surface area contributed by atoms with Gasteiger partial charge in [-0.3, -0.25) is 0 Å². The van der Waals surface area contributed by atoms with Gasteiger partial charge in [-0.1, -0.05) is 76.8 Å². The molecule has 0 aliphatic heterocycles. The first-order valence-corrected chi connectivity index (χ1v) is 12.3. The standard InChI is InChI=1S/C28H38O3/c1-2-3-4-5-9-22-30-26-20-16-25(17-21-26)28(29)31-27-18-14-24(15-19-27)13-12-23-10-7-6-8-11-23/h14-21,23H,2-13,22H2,1H3. The molecule has 1 aliphatic rings. The molecule has 2 aromatic rings. The van der Waals surface area contributed by atoms with E-state index in [1.54, 1.807) is 12.1 Å². The topological polar surface area (TPSA) is 35.5 Å². The largest absolute Gasteiger partial charge is 0.494 e. The van der Waals surface area contributed by atoms with Gasteiger partial charge < -0.3 is 9.47 Å². The fourth-order valence-electron chi connectivity index (χ4n) is 4.32. The number of hydrogen-bond acceptors (Lipinski definition) is 3. The van der Waals surface area contributed by atoms with Crippen molar-refractivity contribution < 1.29 is 14.3 Å². The summed E-state index contributed by atoms with van der Waals surface area (Å²) in [7, 11) is 0. The van der Waals surface area contributed by atoms with Crippen LogP contribution in [0.4, 0.5) is 0 Å². The molecule has 3 rings (SSSR count). The fourth-order valence-corrected chi connectivity index (χ4v) is 4.32. The highest BCUT2D eigenvalue weighted by atomic mass is 16.5. The average Bonchev–Trinajstić information content (AvgIpc) is 2.82. The van der Waals surface area contributed by atoms with Gasteiger partial charge in [0.05, 0.1) is 12.2 Å². The lowest BCUT2D eigenvalue weighted by atomic mass is 9.85. The second-order valence-electron chi connectivity index (χ2n) is 8.86. The molecule has 2 aromatic carbocycles. The molecule has 0 unspecified atom stereocenters. The van der Waals surface area contributed by atoms with Crippen molar-refractivity contribution >= 4 is 5.97 Å². The normalized spacial score (nSPS) is 14.4. The minimum absolute atomic E-state index is 0.332. The fraction of sp³-hybridized carbons (Fsp3) is 0.536. The van der Waals surface area contributed by atoms with Crippen molar-refractivity contribution in [2.24, 2.45) is 5.92 Å². The number of hydrogen-bond donors (Lipinski definition) is 0. The zero-order valence-electron chi connectivity index (χ0n) is 19.1. The number of aryl methyl sites for hydroxylation is 1. The van der Waals surface area contributed by atoms with Gasteiger partial charge in [-0.15, -0.1) is 0 Å². The van der Waals surface area contributed by atoms with Crippen LogP contribution < -0.4 is 9.47 Å². The first-order valence-electron chi connectivity index (χ1n) is 12.3. The van der Waals surface area contributed by atoms with Gasteiger partial charge in [-0.05, 0) is 67.1 Å². The Morgan fingerprint density at radius 1 is 0.839 bits per heavy atom. The van der Waals surface area contributed by atoms with E-state index >= 15 is 0 Å². The summed E-state index contributed by atoms with van der Waals surface area (Å²) in [5, 5.41) is 0. The van der Waals surface area contributed by atoms with E-state index < -0.39 is 0 Å². The predicted octanol–water partition coefficient (Wildman–Crippen LogP) is 7.77. The molecule has 0 amide bonds. The molecule has 0 spiro atoms. The smallest absolute Gasteiger partial charge is 0.343 e. The number of benzene rings is 2. The molecule has 0 atom stereocenters. The number of carbonyl (C=O) groups is 1. The molecule has 3 heteroatoms. The van der Waals surface area contributed by atoms with Crippen LogP contribution in [0, 0.1) is 5.92 Å². The Labute approximate surface area is 188 Å². The van der Waals surface area contributed by atoms with Crippen molar-refractivity contribution in [3.8, 4) is 11.5 Å². The van der Waals surface area contributed by atoms with Crippen LogP contribution in [0.3, 0.4) is 0 Å². The third-order valence-corrected chi connectivity index (χ3v) is 6.31. The molecule has 1 fully saturated rings. The first-order chi connectivity index (χ1) is 15.2. The molecule has 0 aromatic heterocycles. The van der Waals surface area contributed by atoms with Crippen molar-refractivity contribution in [1.29, 1.82) is 0 Å². The highest BCUT2D eigenvalue weighted by Crippen LogP contribution is 2.28. The van der Waals surface area contributed by atoms with E-state index in [4.69, 9.17) is 9.47 Å². The first kappa shape index (κ1) is 23.4. The Morgan fingerprint density at radius 2 is 1.52 bits per heavy atom. The number of carbonyl (C=O) groups excluding carboxylic acids is 1. The van der Waals surface area contributed by atoms with E-state index in [1.165, 1.54) is 69.8 Å². The number of esters is 1. The van der Waals surface area contributed by atoms with Crippen LogP contribution in [0.1, 0.15) is 93.5 Å². The number of rotatable bonds is 12. The molecule has 31 heavy (non-hydrogen) atoms. The van der Waals surface area contributed by atoms with Crippen LogP contribution >= 0.6 is 0 Å². The van der Waals surface area contributed by atoms with Crippen LogP contribution in [0.2, 0.25) is 0 Å². The third kappa shape index (κ3) is 8.40. The highest BCUT2D eigenvalue weighted by Gasteiger charge is 2.13. The van der Waals surface area contributed by atoms with Crippen molar-refractivity contribution in [2.45, 2.75) is 84.0 Å². The third-order valence-electron chi connectivity index (χ3n) is 6.31. The Morgan fingerprint density at radius 3 is 2.23 bits per heavy atom. The van der Waals surface area contributed by atoms with Crippen molar-refractivity contribution in [1.82, 2.24) is 0 Å². The molecule has 0 bridgehead atoms. The predicted molar refractivity (Wildman–Crippen MR) is 127 cm³/mol. The van der Waals surface area contributed by atoms with Crippen LogP contribution in [-0.4, -0.2) is 12.6 Å².